The Kier molecular flexibility index (Phi) is 7.26. The number of rotatable bonds is 8. The van der Waals surface area contributed by atoms with Crippen molar-refractivity contribution in [2.45, 2.75) is 32.1 Å². The van der Waals surface area contributed by atoms with Crippen LogP contribution in [-0.2, 0) is 11.2 Å². The van der Waals surface area contributed by atoms with Gasteiger partial charge in [-0.3, -0.25) is 4.79 Å². The van der Waals surface area contributed by atoms with E-state index in [0.717, 1.165) is 71.0 Å². The number of pyridine rings is 1. The molecule has 2 aliphatic rings. The molecule has 0 aliphatic carbocycles. The van der Waals surface area contributed by atoms with Crippen molar-refractivity contribution in [3.63, 3.8) is 0 Å². The molecule has 1 aromatic rings. The quantitative estimate of drug-likeness (QED) is 0.711. The molecule has 3 rings (SSSR count). The van der Waals surface area contributed by atoms with E-state index in [-0.39, 0.29) is 5.91 Å². The fraction of sp³-hybridized carbons (Fsp3) is 0.700. The van der Waals surface area contributed by atoms with E-state index in [0.29, 0.717) is 6.42 Å². The first-order valence-electron chi connectivity index (χ1n) is 10.1. The molecular formula is C20H33N5O. The fourth-order valence-electron chi connectivity index (χ4n) is 3.68. The van der Waals surface area contributed by atoms with Crippen molar-refractivity contribution in [3.05, 3.63) is 23.9 Å². The summed E-state index contributed by atoms with van der Waals surface area (Å²) in [4.78, 5) is 23.8. The lowest BCUT2D eigenvalue weighted by molar-refractivity contribution is -0.121. The number of carbonyl (C=O) groups is 1. The molecule has 0 spiro atoms. The first-order valence-corrected chi connectivity index (χ1v) is 10.1. The van der Waals surface area contributed by atoms with Gasteiger partial charge in [0.1, 0.15) is 5.82 Å². The lowest BCUT2D eigenvalue weighted by Crippen LogP contribution is -2.45. The zero-order valence-electron chi connectivity index (χ0n) is 16.1. The van der Waals surface area contributed by atoms with E-state index in [4.69, 9.17) is 0 Å². The van der Waals surface area contributed by atoms with Gasteiger partial charge in [0.2, 0.25) is 5.91 Å². The largest absolute Gasteiger partial charge is 0.357 e. The van der Waals surface area contributed by atoms with Crippen LogP contribution in [-0.4, -0.2) is 80.1 Å². The van der Waals surface area contributed by atoms with Gasteiger partial charge in [-0.2, -0.15) is 0 Å². The van der Waals surface area contributed by atoms with Gasteiger partial charge in [-0.05, 0) is 57.0 Å². The Hall–Kier alpha value is -1.66. The van der Waals surface area contributed by atoms with Gasteiger partial charge in [-0.25, -0.2) is 4.98 Å². The van der Waals surface area contributed by atoms with Gasteiger partial charge in [0.25, 0.3) is 0 Å². The Bertz CT molecular complexity index is 565. The monoisotopic (exact) mass is 359 g/mol. The summed E-state index contributed by atoms with van der Waals surface area (Å²) in [6.07, 6.45) is 6.75. The lowest BCUT2D eigenvalue weighted by Gasteiger charge is -2.32. The second-order valence-corrected chi connectivity index (χ2v) is 7.56. The minimum absolute atomic E-state index is 0.155. The molecule has 0 aromatic carbocycles. The van der Waals surface area contributed by atoms with Gasteiger partial charge >= 0.3 is 0 Å². The van der Waals surface area contributed by atoms with Gasteiger partial charge in [-0.1, -0.05) is 0 Å². The number of amides is 1. The molecule has 1 N–H and O–H groups in total. The van der Waals surface area contributed by atoms with Crippen LogP contribution in [0.15, 0.2) is 18.3 Å². The van der Waals surface area contributed by atoms with Crippen molar-refractivity contribution in [2.75, 3.05) is 64.3 Å². The summed E-state index contributed by atoms with van der Waals surface area (Å²) in [6, 6.07) is 4.17. The molecule has 2 aliphatic heterocycles. The van der Waals surface area contributed by atoms with Crippen LogP contribution in [0.4, 0.5) is 5.82 Å². The number of anilines is 1. The van der Waals surface area contributed by atoms with E-state index in [1.807, 2.05) is 12.3 Å². The van der Waals surface area contributed by atoms with Crippen molar-refractivity contribution < 1.29 is 4.79 Å². The van der Waals surface area contributed by atoms with Gasteiger partial charge < -0.3 is 20.0 Å². The predicted octanol–water partition coefficient (Wildman–Crippen LogP) is 1.37. The second-order valence-electron chi connectivity index (χ2n) is 7.56. The third-order valence-corrected chi connectivity index (χ3v) is 5.45. The second kappa shape index (κ2) is 9.88. The molecule has 0 atom stereocenters. The van der Waals surface area contributed by atoms with E-state index in [1.54, 1.807) is 0 Å². The maximum atomic E-state index is 12.1. The maximum absolute atomic E-state index is 12.1. The Morgan fingerprint density at radius 2 is 1.92 bits per heavy atom. The number of likely N-dealkylation sites (N-methyl/N-ethyl adjacent to an activating group) is 1. The smallest absolute Gasteiger partial charge is 0.220 e. The fourth-order valence-corrected chi connectivity index (χ4v) is 3.68. The summed E-state index contributed by atoms with van der Waals surface area (Å²) < 4.78 is 0. The SMILES string of the molecule is CN1CCN(CCCNC(=O)CCc2ccnc(N3CCCC3)c2)CC1. The zero-order valence-corrected chi connectivity index (χ0v) is 16.1. The molecule has 1 aromatic heterocycles. The van der Waals surface area contributed by atoms with Crippen molar-refractivity contribution in [2.24, 2.45) is 0 Å². The van der Waals surface area contributed by atoms with E-state index in [1.165, 1.54) is 18.4 Å². The Morgan fingerprint density at radius 3 is 2.69 bits per heavy atom. The molecule has 0 saturated carbocycles. The van der Waals surface area contributed by atoms with Crippen LogP contribution in [0, 0.1) is 0 Å². The van der Waals surface area contributed by atoms with Crippen molar-refractivity contribution in [1.82, 2.24) is 20.1 Å². The molecule has 0 unspecified atom stereocenters. The molecule has 2 fully saturated rings. The number of aromatic nitrogens is 1. The van der Waals surface area contributed by atoms with Gasteiger partial charge in [0.05, 0.1) is 0 Å². The molecule has 26 heavy (non-hydrogen) atoms. The molecule has 144 valence electrons. The summed E-state index contributed by atoms with van der Waals surface area (Å²) in [5.41, 5.74) is 1.20. The first kappa shape index (κ1) is 19.1. The van der Waals surface area contributed by atoms with Crippen LogP contribution < -0.4 is 10.2 Å². The van der Waals surface area contributed by atoms with Crippen LogP contribution >= 0.6 is 0 Å². The van der Waals surface area contributed by atoms with E-state index >= 15 is 0 Å². The summed E-state index contributed by atoms with van der Waals surface area (Å²) in [6.45, 7) is 8.65. The topological polar surface area (TPSA) is 51.7 Å². The summed E-state index contributed by atoms with van der Waals surface area (Å²) in [5.74, 6) is 1.22. The molecule has 0 radical (unpaired) electrons. The molecule has 2 saturated heterocycles. The average Bonchev–Trinajstić information content (AvgIpc) is 3.20. The summed E-state index contributed by atoms with van der Waals surface area (Å²) >= 11 is 0. The number of hydrogen-bond acceptors (Lipinski definition) is 5. The Balaban J connectivity index is 1.31. The molecule has 6 heteroatoms. The molecule has 3 heterocycles. The number of aryl methyl sites for hydroxylation is 1. The van der Waals surface area contributed by atoms with E-state index in [9.17, 15) is 4.79 Å². The highest BCUT2D eigenvalue weighted by Crippen LogP contribution is 2.19. The standard InChI is InChI=1S/C20H33N5O/c1-23-13-15-24(16-14-23)10-4-8-22-20(26)6-5-18-7-9-21-19(17-18)25-11-2-3-12-25/h7,9,17H,2-6,8,10-16H2,1H3,(H,22,26). The number of carbonyl (C=O) groups excluding carboxylic acids is 1. The Labute approximate surface area is 157 Å². The van der Waals surface area contributed by atoms with Gasteiger partial charge in [0.15, 0.2) is 0 Å². The van der Waals surface area contributed by atoms with Crippen molar-refractivity contribution in [3.8, 4) is 0 Å². The highest BCUT2D eigenvalue weighted by Gasteiger charge is 2.14. The molecular weight excluding hydrogens is 326 g/mol. The number of hydrogen-bond donors (Lipinski definition) is 1. The maximum Gasteiger partial charge on any atom is 0.220 e. The highest BCUT2D eigenvalue weighted by molar-refractivity contribution is 5.76. The lowest BCUT2D eigenvalue weighted by atomic mass is 10.1. The molecule has 6 nitrogen and oxygen atoms in total. The minimum Gasteiger partial charge on any atom is -0.357 e. The number of nitrogens with one attached hydrogen (secondary N) is 1. The van der Waals surface area contributed by atoms with Gasteiger partial charge in [0, 0.05) is 58.4 Å². The van der Waals surface area contributed by atoms with Gasteiger partial charge in [-0.15, -0.1) is 0 Å². The van der Waals surface area contributed by atoms with Crippen LogP contribution in [0.3, 0.4) is 0 Å². The number of piperazine rings is 1. The minimum atomic E-state index is 0.155. The number of nitrogens with zero attached hydrogens (tertiary/aromatic N) is 4. The van der Waals surface area contributed by atoms with Crippen LogP contribution in [0.2, 0.25) is 0 Å². The normalized spacial score (nSPS) is 19.0. The zero-order chi connectivity index (χ0) is 18.2. The summed E-state index contributed by atoms with van der Waals surface area (Å²) in [7, 11) is 2.18. The average molecular weight is 360 g/mol. The molecule has 0 bridgehead atoms. The Morgan fingerprint density at radius 1 is 1.15 bits per heavy atom. The summed E-state index contributed by atoms with van der Waals surface area (Å²) in [5, 5.41) is 3.07. The van der Waals surface area contributed by atoms with E-state index < -0.39 is 0 Å². The van der Waals surface area contributed by atoms with Crippen LogP contribution in [0.5, 0.6) is 0 Å². The van der Waals surface area contributed by atoms with Crippen LogP contribution in [0.25, 0.3) is 0 Å². The van der Waals surface area contributed by atoms with Crippen molar-refractivity contribution in [1.29, 1.82) is 0 Å². The van der Waals surface area contributed by atoms with Crippen molar-refractivity contribution >= 4 is 11.7 Å². The predicted molar refractivity (Wildman–Crippen MR) is 106 cm³/mol. The molecule has 1 amide bonds. The van der Waals surface area contributed by atoms with E-state index in [2.05, 4.69) is 38.1 Å². The van der Waals surface area contributed by atoms with Crippen LogP contribution in [0.1, 0.15) is 31.2 Å². The highest BCUT2D eigenvalue weighted by atomic mass is 16.1. The third kappa shape index (κ3) is 5.95. The third-order valence-electron chi connectivity index (χ3n) is 5.45. The first-order chi connectivity index (χ1) is 12.7.